The lowest BCUT2D eigenvalue weighted by Crippen LogP contribution is -2.34. The van der Waals surface area contributed by atoms with Gasteiger partial charge in [-0.2, -0.15) is 0 Å². The molecule has 0 aliphatic heterocycles. The maximum atomic E-state index is 14.1. The first-order valence-corrected chi connectivity index (χ1v) is 7.03. The summed E-state index contributed by atoms with van der Waals surface area (Å²) >= 11 is 0. The van der Waals surface area contributed by atoms with E-state index in [4.69, 9.17) is 0 Å². The van der Waals surface area contributed by atoms with Gasteiger partial charge in [-0.25, -0.2) is 8.78 Å². The fourth-order valence-electron chi connectivity index (χ4n) is 3.32. The molecule has 0 saturated heterocycles. The molecule has 1 N–H and O–H groups in total. The van der Waals surface area contributed by atoms with E-state index in [9.17, 15) is 8.78 Å². The summed E-state index contributed by atoms with van der Waals surface area (Å²) in [5.74, 6) is -0.906. The van der Waals surface area contributed by atoms with Crippen molar-refractivity contribution in [3.63, 3.8) is 0 Å². The third-order valence-corrected chi connectivity index (χ3v) is 4.38. The van der Waals surface area contributed by atoms with Gasteiger partial charge >= 0.3 is 0 Å². The standard InChI is InChI=1S/C16H23F2N/c1-16(2)8-7-11(10-19-3)13(9-16)12-5-4-6-14(17)15(12)18/h4-6,11,13,19H,7-10H2,1-3H3. The molecule has 1 nitrogen and oxygen atoms in total. The molecule has 106 valence electrons. The number of halogens is 2. The molecule has 0 radical (unpaired) electrons. The van der Waals surface area contributed by atoms with Crippen LogP contribution in [-0.2, 0) is 0 Å². The highest BCUT2D eigenvalue weighted by atomic mass is 19.2. The lowest BCUT2D eigenvalue weighted by atomic mass is 9.65. The Morgan fingerprint density at radius 3 is 2.74 bits per heavy atom. The van der Waals surface area contributed by atoms with Gasteiger partial charge in [0.1, 0.15) is 0 Å². The van der Waals surface area contributed by atoms with E-state index >= 15 is 0 Å². The lowest BCUT2D eigenvalue weighted by molar-refractivity contribution is 0.158. The van der Waals surface area contributed by atoms with Crippen molar-refractivity contribution in [2.75, 3.05) is 13.6 Å². The van der Waals surface area contributed by atoms with E-state index in [0.717, 1.165) is 25.8 Å². The van der Waals surface area contributed by atoms with E-state index in [1.54, 1.807) is 12.1 Å². The molecule has 0 bridgehead atoms. The fourth-order valence-corrected chi connectivity index (χ4v) is 3.32. The van der Waals surface area contributed by atoms with Gasteiger partial charge in [0, 0.05) is 0 Å². The molecule has 2 atom stereocenters. The highest BCUT2D eigenvalue weighted by Crippen LogP contribution is 2.47. The molecule has 0 amide bonds. The molecule has 1 aromatic rings. The molecule has 0 aromatic heterocycles. The normalized spacial score (nSPS) is 26.4. The van der Waals surface area contributed by atoms with E-state index in [-0.39, 0.29) is 11.3 Å². The van der Waals surface area contributed by atoms with E-state index in [1.165, 1.54) is 6.07 Å². The third kappa shape index (κ3) is 3.14. The van der Waals surface area contributed by atoms with Crippen molar-refractivity contribution in [2.24, 2.45) is 11.3 Å². The topological polar surface area (TPSA) is 12.0 Å². The molecule has 0 heterocycles. The van der Waals surface area contributed by atoms with Gasteiger partial charge in [0.15, 0.2) is 11.6 Å². The Balaban J connectivity index is 2.33. The zero-order chi connectivity index (χ0) is 14.0. The highest BCUT2D eigenvalue weighted by Gasteiger charge is 2.36. The van der Waals surface area contributed by atoms with Crippen LogP contribution in [0, 0.1) is 23.0 Å². The van der Waals surface area contributed by atoms with Gasteiger partial charge in [0.05, 0.1) is 0 Å². The molecular formula is C16H23F2N. The first kappa shape index (κ1) is 14.4. The van der Waals surface area contributed by atoms with Gasteiger partial charge in [-0.3, -0.25) is 0 Å². The maximum Gasteiger partial charge on any atom is 0.162 e. The largest absolute Gasteiger partial charge is 0.319 e. The molecule has 1 aromatic carbocycles. The predicted octanol–water partition coefficient (Wildman–Crippen LogP) is 4.09. The minimum Gasteiger partial charge on any atom is -0.319 e. The Bertz CT molecular complexity index is 442. The van der Waals surface area contributed by atoms with Gasteiger partial charge in [-0.15, -0.1) is 0 Å². The summed E-state index contributed by atoms with van der Waals surface area (Å²) in [4.78, 5) is 0. The molecule has 2 unspecified atom stereocenters. The van der Waals surface area contributed by atoms with Crippen LogP contribution in [-0.4, -0.2) is 13.6 Å². The van der Waals surface area contributed by atoms with Crippen molar-refractivity contribution < 1.29 is 8.78 Å². The van der Waals surface area contributed by atoms with Gasteiger partial charge in [0.25, 0.3) is 0 Å². The summed E-state index contributed by atoms with van der Waals surface area (Å²) < 4.78 is 27.5. The zero-order valence-corrected chi connectivity index (χ0v) is 12.0. The lowest BCUT2D eigenvalue weighted by Gasteiger charge is -2.41. The smallest absolute Gasteiger partial charge is 0.162 e. The van der Waals surface area contributed by atoms with Crippen LogP contribution >= 0.6 is 0 Å². The molecule has 2 rings (SSSR count). The summed E-state index contributed by atoms with van der Waals surface area (Å²) in [6.07, 6.45) is 3.13. The van der Waals surface area contributed by atoms with Gasteiger partial charge in [0.2, 0.25) is 0 Å². The monoisotopic (exact) mass is 267 g/mol. The minimum absolute atomic E-state index is 0.104. The fraction of sp³-hybridized carbons (Fsp3) is 0.625. The second-order valence-corrected chi connectivity index (χ2v) is 6.47. The van der Waals surface area contributed by atoms with Crippen molar-refractivity contribution in [1.29, 1.82) is 0 Å². The van der Waals surface area contributed by atoms with Crippen LogP contribution in [0.5, 0.6) is 0 Å². The average molecular weight is 267 g/mol. The average Bonchev–Trinajstić information content (AvgIpc) is 2.35. The van der Waals surface area contributed by atoms with E-state index in [2.05, 4.69) is 19.2 Å². The van der Waals surface area contributed by atoms with Crippen molar-refractivity contribution in [3.05, 3.63) is 35.4 Å². The first-order chi connectivity index (χ1) is 8.94. The van der Waals surface area contributed by atoms with Crippen LogP contribution < -0.4 is 5.32 Å². The van der Waals surface area contributed by atoms with Gasteiger partial charge in [-0.1, -0.05) is 26.0 Å². The van der Waals surface area contributed by atoms with E-state index in [0.29, 0.717) is 11.5 Å². The Morgan fingerprint density at radius 2 is 2.05 bits per heavy atom. The van der Waals surface area contributed by atoms with Crippen LogP contribution in [0.3, 0.4) is 0 Å². The number of hydrogen-bond acceptors (Lipinski definition) is 1. The van der Waals surface area contributed by atoms with Crippen molar-refractivity contribution >= 4 is 0 Å². The van der Waals surface area contributed by atoms with Crippen LogP contribution in [0.15, 0.2) is 18.2 Å². The summed E-state index contributed by atoms with van der Waals surface area (Å²) in [5.41, 5.74) is 0.751. The third-order valence-electron chi connectivity index (χ3n) is 4.38. The quantitative estimate of drug-likeness (QED) is 0.869. The Morgan fingerprint density at radius 1 is 1.32 bits per heavy atom. The van der Waals surface area contributed by atoms with E-state index in [1.807, 2.05) is 7.05 Å². The molecule has 1 aliphatic carbocycles. The molecule has 3 heteroatoms. The molecule has 0 spiro atoms. The summed E-state index contributed by atoms with van der Waals surface area (Å²) in [6.45, 7) is 5.29. The van der Waals surface area contributed by atoms with Gasteiger partial charge in [-0.05, 0) is 61.7 Å². The van der Waals surface area contributed by atoms with Crippen LogP contribution in [0.2, 0.25) is 0 Å². The van der Waals surface area contributed by atoms with Crippen LogP contribution in [0.4, 0.5) is 8.78 Å². The number of rotatable bonds is 3. The SMILES string of the molecule is CNCC1CCC(C)(C)CC1c1cccc(F)c1F. The van der Waals surface area contributed by atoms with Crippen LogP contribution in [0.1, 0.15) is 44.6 Å². The Kier molecular flexibility index (Phi) is 4.24. The second kappa shape index (κ2) is 5.58. The van der Waals surface area contributed by atoms with Crippen LogP contribution in [0.25, 0.3) is 0 Å². The summed E-state index contributed by atoms with van der Waals surface area (Å²) in [7, 11) is 1.92. The number of nitrogens with one attached hydrogen (secondary N) is 1. The number of hydrogen-bond donors (Lipinski definition) is 1. The second-order valence-electron chi connectivity index (χ2n) is 6.47. The molecular weight excluding hydrogens is 244 g/mol. The Labute approximate surface area is 114 Å². The zero-order valence-electron chi connectivity index (χ0n) is 12.0. The van der Waals surface area contributed by atoms with Crippen molar-refractivity contribution in [2.45, 2.75) is 39.0 Å². The molecule has 1 fully saturated rings. The van der Waals surface area contributed by atoms with Crippen molar-refractivity contribution in [1.82, 2.24) is 5.32 Å². The Hall–Kier alpha value is -0.960. The minimum atomic E-state index is -0.732. The van der Waals surface area contributed by atoms with E-state index < -0.39 is 11.6 Å². The predicted molar refractivity (Wildman–Crippen MR) is 74.1 cm³/mol. The molecule has 1 saturated carbocycles. The number of benzene rings is 1. The highest BCUT2D eigenvalue weighted by molar-refractivity contribution is 5.25. The van der Waals surface area contributed by atoms with Crippen molar-refractivity contribution in [3.8, 4) is 0 Å². The first-order valence-electron chi connectivity index (χ1n) is 7.03. The molecule has 19 heavy (non-hydrogen) atoms. The van der Waals surface area contributed by atoms with Gasteiger partial charge < -0.3 is 5.32 Å². The molecule has 1 aliphatic rings. The summed E-state index contributed by atoms with van der Waals surface area (Å²) in [5, 5.41) is 3.18. The summed E-state index contributed by atoms with van der Waals surface area (Å²) in [6, 6.07) is 4.55. The maximum absolute atomic E-state index is 14.1.